The van der Waals surface area contributed by atoms with Gasteiger partial charge in [0.15, 0.2) is 5.69 Å². The molecule has 1 aromatic heterocycles. The standard InChI is InChI=1S/C21H36N4O2/c1-15(2)13-23(5)17-6-7-19-18(12-17)20(22-25(19)14-16(3)4)21(26)24-8-10-27-11-9-24/h15-17H,6-14H2,1-5H3. The van der Waals surface area contributed by atoms with E-state index in [-0.39, 0.29) is 5.91 Å². The smallest absolute Gasteiger partial charge is 0.274 e. The number of rotatable bonds is 6. The Balaban J connectivity index is 1.87. The fraction of sp³-hybridized carbons (Fsp3) is 0.810. The highest BCUT2D eigenvalue weighted by molar-refractivity contribution is 5.94. The number of morpholine rings is 1. The van der Waals surface area contributed by atoms with Crippen LogP contribution in [0.15, 0.2) is 0 Å². The van der Waals surface area contributed by atoms with Gasteiger partial charge in [0.1, 0.15) is 0 Å². The molecule has 1 aliphatic heterocycles. The quantitative estimate of drug-likeness (QED) is 0.765. The van der Waals surface area contributed by atoms with Crippen molar-refractivity contribution in [3.8, 4) is 0 Å². The predicted octanol–water partition coefficient (Wildman–Crippen LogP) is 2.46. The van der Waals surface area contributed by atoms with Crippen molar-refractivity contribution in [3.63, 3.8) is 0 Å². The highest BCUT2D eigenvalue weighted by Crippen LogP contribution is 2.29. The second-order valence-electron chi connectivity index (χ2n) is 8.98. The van der Waals surface area contributed by atoms with E-state index < -0.39 is 0 Å². The molecule has 1 aromatic rings. The molecule has 1 unspecified atom stereocenters. The Labute approximate surface area is 163 Å². The minimum absolute atomic E-state index is 0.0872. The van der Waals surface area contributed by atoms with Gasteiger partial charge >= 0.3 is 0 Å². The molecule has 152 valence electrons. The minimum atomic E-state index is 0.0872. The van der Waals surface area contributed by atoms with E-state index in [9.17, 15) is 4.79 Å². The van der Waals surface area contributed by atoms with Crippen molar-refractivity contribution < 1.29 is 9.53 Å². The van der Waals surface area contributed by atoms with Crippen LogP contribution in [0.3, 0.4) is 0 Å². The molecule has 0 bridgehead atoms. The zero-order valence-electron chi connectivity index (χ0n) is 17.7. The Hall–Kier alpha value is -1.40. The van der Waals surface area contributed by atoms with Crippen LogP contribution in [-0.2, 0) is 24.1 Å². The summed E-state index contributed by atoms with van der Waals surface area (Å²) in [5.41, 5.74) is 3.17. The summed E-state index contributed by atoms with van der Waals surface area (Å²) < 4.78 is 7.53. The number of likely N-dealkylation sites (N-methyl/N-ethyl adjacent to an activating group) is 1. The van der Waals surface area contributed by atoms with Gasteiger partial charge in [-0.2, -0.15) is 5.10 Å². The molecule has 27 heavy (non-hydrogen) atoms. The van der Waals surface area contributed by atoms with Crippen LogP contribution in [0.2, 0.25) is 0 Å². The van der Waals surface area contributed by atoms with E-state index in [1.165, 1.54) is 11.3 Å². The average Bonchev–Trinajstić information content (AvgIpc) is 2.98. The molecule has 1 saturated heterocycles. The summed E-state index contributed by atoms with van der Waals surface area (Å²) >= 11 is 0. The fourth-order valence-electron chi connectivity index (χ4n) is 4.36. The third kappa shape index (κ3) is 4.72. The lowest BCUT2D eigenvalue weighted by Gasteiger charge is -2.33. The fourth-order valence-corrected chi connectivity index (χ4v) is 4.36. The number of aromatic nitrogens is 2. The first-order chi connectivity index (χ1) is 12.9. The highest BCUT2D eigenvalue weighted by Gasteiger charge is 2.33. The molecule has 2 heterocycles. The summed E-state index contributed by atoms with van der Waals surface area (Å²) in [7, 11) is 2.22. The van der Waals surface area contributed by atoms with Crippen molar-refractivity contribution in [1.29, 1.82) is 0 Å². The van der Waals surface area contributed by atoms with Gasteiger partial charge in [-0.25, -0.2) is 0 Å². The monoisotopic (exact) mass is 376 g/mol. The van der Waals surface area contributed by atoms with Gasteiger partial charge in [-0.3, -0.25) is 9.48 Å². The van der Waals surface area contributed by atoms with Crippen molar-refractivity contribution in [2.24, 2.45) is 11.8 Å². The van der Waals surface area contributed by atoms with E-state index in [1.807, 2.05) is 4.90 Å². The summed E-state index contributed by atoms with van der Waals surface area (Å²) in [5.74, 6) is 1.25. The summed E-state index contributed by atoms with van der Waals surface area (Å²) in [6, 6.07) is 0.493. The Kier molecular flexibility index (Phi) is 6.58. The lowest BCUT2D eigenvalue weighted by molar-refractivity contribution is 0.0297. The van der Waals surface area contributed by atoms with E-state index >= 15 is 0 Å². The number of carbonyl (C=O) groups excluding carboxylic acids is 1. The highest BCUT2D eigenvalue weighted by atomic mass is 16.5. The van der Waals surface area contributed by atoms with Crippen LogP contribution in [0.5, 0.6) is 0 Å². The topological polar surface area (TPSA) is 50.6 Å². The van der Waals surface area contributed by atoms with Crippen molar-refractivity contribution in [2.75, 3.05) is 39.9 Å². The maximum Gasteiger partial charge on any atom is 0.274 e. The second kappa shape index (κ2) is 8.74. The van der Waals surface area contributed by atoms with E-state index in [2.05, 4.69) is 44.3 Å². The van der Waals surface area contributed by atoms with Gasteiger partial charge in [0.2, 0.25) is 0 Å². The van der Waals surface area contributed by atoms with E-state index in [1.54, 1.807) is 0 Å². The van der Waals surface area contributed by atoms with Crippen molar-refractivity contribution >= 4 is 5.91 Å². The molecule has 1 atom stereocenters. The van der Waals surface area contributed by atoms with E-state index in [0.717, 1.165) is 32.4 Å². The molecule has 0 saturated carbocycles. The number of ether oxygens (including phenoxy) is 1. The molecular formula is C21H36N4O2. The Morgan fingerprint density at radius 2 is 1.93 bits per heavy atom. The van der Waals surface area contributed by atoms with Crippen LogP contribution in [-0.4, -0.2) is 71.4 Å². The summed E-state index contributed by atoms with van der Waals surface area (Å²) in [4.78, 5) is 17.6. The predicted molar refractivity (Wildman–Crippen MR) is 107 cm³/mol. The first-order valence-corrected chi connectivity index (χ1v) is 10.5. The maximum atomic E-state index is 13.2. The summed E-state index contributed by atoms with van der Waals surface area (Å²) in [6.07, 6.45) is 3.09. The molecule has 0 spiro atoms. The zero-order chi connectivity index (χ0) is 19.6. The molecule has 0 radical (unpaired) electrons. The van der Waals surface area contributed by atoms with Crippen LogP contribution in [0.25, 0.3) is 0 Å². The molecule has 1 fully saturated rings. The molecule has 0 N–H and O–H groups in total. The normalized spacial score (nSPS) is 20.6. The Morgan fingerprint density at radius 3 is 2.56 bits per heavy atom. The lowest BCUT2D eigenvalue weighted by atomic mass is 9.89. The van der Waals surface area contributed by atoms with Crippen LogP contribution in [0.4, 0.5) is 0 Å². The van der Waals surface area contributed by atoms with Gasteiger partial charge in [-0.1, -0.05) is 27.7 Å². The lowest BCUT2D eigenvalue weighted by Crippen LogP contribution is -2.42. The molecule has 6 nitrogen and oxygen atoms in total. The van der Waals surface area contributed by atoms with Gasteiger partial charge in [0.25, 0.3) is 5.91 Å². The number of hydrogen-bond acceptors (Lipinski definition) is 4. The maximum absolute atomic E-state index is 13.2. The van der Waals surface area contributed by atoms with Crippen molar-refractivity contribution in [2.45, 2.75) is 59.5 Å². The summed E-state index contributed by atoms with van der Waals surface area (Å²) in [6.45, 7) is 13.5. The van der Waals surface area contributed by atoms with Crippen LogP contribution in [0.1, 0.15) is 55.9 Å². The number of hydrogen-bond donors (Lipinski definition) is 0. The van der Waals surface area contributed by atoms with Gasteiger partial charge < -0.3 is 14.5 Å². The minimum Gasteiger partial charge on any atom is -0.378 e. The Morgan fingerprint density at radius 1 is 1.22 bits per heavy atom. The molecule has 0 aromatic carbocycles. The molecule has 1 aliphatic carbocycles. The molecule has 3 rings (SSSR count). The summed E-state index contributed by atoms with van der Waals surface area (Å²) in [5, 5.41) is 4.83. The van der Waals surface area contributed by atoms with Crippen LogP contribution >= 0.6 is 0 Å². The zero-order valence-corrected chi connectivity index (χ0v) is 17.7. The van der Waals surface area contributed by atoms with Crippen LogP contribution in [0, 0.1) is 11.8 Å². The first-order valence-electron chi connectivity index (χ1n) is 10.5. The van der Waals surface area contributed by atoms with Gasteiger partial charge in [-0.15, -0.1) is 0 Å². The second-order valence-corrected chi connectivity index (χ2v) is 8.98. The third-order valence-corrected chi connectivity index (χ3v) is 5.64. The van der Waals surface area contributed by atoms with Gasteiger partial charge in [0, 0.05) is 43.5 Å². The number of nitrogens with zero attached hydrogens (tertiary/aromatic N) is 4. The van der Waals surface area contributed by atoms with E-state index in [0.29, 0.717) is 49.9 Å². The van der Waals surface area contributed by atoms with Gasteiger partial charge in [0.05, 0.1) is 13.2 Å². The van der Waals surface area contributed by atoms with Crippen molar-refractivity contribution in [3.05, 3.63) is 17.0 Å². The Bertz CT molecular complexity index is 647. The first kappa shape index (κ1) is 20.3. The number of amides is 1. The SMILES string of the molecule is CC(C)CN(C)C1CCc2c(c(C(=O)N3CCOCC3)nn2CC(C)C)C1. The third-order valence-electron chi connectivity index (χ3n) is 5.64. The van der Waals surface area contributed by atoms with E-state index in [4.69, 9.17) is 9.84 Å². The largest absolute Gasteiger partial charge is 0.378 e. The molecule has 1 amide bonds. The number of fused-ring (bicyclic) bond motifs is 1. The van der Waals surface area contributed by atoms with Gasteiger partial charge in [-0.05, 0) is 38.1 Å². The number of carbonyl (C=O) groups is 1. The molecule has 2 aliphatic rings. The average molecular weight is 377 g/mol. The van der Waals surface area contributed by atoms with Crippen LogP contribution < -0.4 is 0 Å². The molecular weight excluding hydrogens is 340 g/mol. The van der Waals surface area contributed by atoms with Crippen molar-refractivity contribution in [1.82, 2.24) is 19.6 Å². The molecule has 6 heteroatoms.